The van der Waals surface area contributed by atoms with Crippen molar-refractivity contribution in [1.82, 2.24) is 0 Å². The normalized spacial score (nSPS) is 11.1. The summed E-state index contributed by atoms with van der Waals surface area (Å²) in [5, 5.41) is 0.494. The molecule has 3 N–H and O–H groups in total. The fourth-order valence-corrected chi connectivity index (χ4v) is 3.31. The average molecular weight is 406 g/mol. The smallest absolute Gasteiger partial charge is 0.261 e. The molecule has 21 heavy (non-hydrogen) atoms. The van der Waals surface area contributed by atoms with Crippen LogP contribution in [0.1, 0.15) is 5.56 Å². The number of hydrogen-bond donors (Lipinski definition) is 2. The molecule has 0 radical (unpaired) electrons. The summed E-state index contributed by atoms with van der Waals surface area (Å²) in [5.74, 6) is 0. The van der Waals surface area contributed by atoms with Gasteiger partial charge in [0, 0.05) is 10.0 Å². The van der Waals surface area contributed by atoms with Crippen molar-refractivity contribution in [3.8, 4) is 0 Å². The highest BCUT2D eigenvalue weighted by molar-refractivity contribution is 9.10. The average Bonchev–Trinajstić information content (AvgIpc) is 2.43. The molecular formula is C13H10BrClN2O2S2. The number of thiocarbonyl (C=S) groups is 1. The second-order valence-corrected chi connectivity index (χ2v) is 7.51. The predicted molar refractivity (Wildman–Crippen MR) is 92.3 cm³/mol. The van der Waals surface area contributed by atoms with Gasteiger partial charge in [-0.1, -0.05) is 36.0 Å². The molecule has 0 aliphatic carbocycles. The third-order valence-corrected chi connectivity index (χ3v) is 5.43. The van der Waals surface area contributed by atoms with Gasteiger partial charge < -0.3 is 5.73 Å². The molecule has 0 unspecified atom stereocenters. The van der Waals surface area contributed by atoms with Gasteiger partial charge in [0.1, 0.15) is 4.99 Å². The zero-order valence-electron chi connectivity index (χ0n) is 10.5. The summed E-state index contributed by atoms with van der Waals surface area (Å²) in [4.78, 5) is 0.222. The van der Waals surface area contributed by atoms with E-state index in [4.69, 9.17) is 29.6 Å². The van der Waals surface area contributed by atoms with Crippen molar-refractivity contribution in [2.45, 2.75) is 4.90 Å². The molecule has 110 valence electrons. The Hall–Kier alpha value is -1.15. The quantitative estimate of drug-likeness (QED) is 0.763. The van der Waals surface area contributed by atoms with Crippen LogP contribution in [0, 0.1) is 0 Å². The highest BCUT2D eigenvalue weighted by Gasteiger charge is 2.15. The van der Waals surface area contributed by atoms with Crippen molar-refractivity contribution in [2.75, 3.05) is 4.72 Å². The number of nitrogens with two attached hydrogens (primary N) is 1. The first kappa shape index (κ1) is 16.2. The maximum absolute atomic E-state index is 12.3. The molecule has 0 spiro atoms. The first-order chi connectivity index (χ1) is 9.79. The molecule has 0 fully saturated rings. The summed E-state index contributed by atoms with van der Waals surface area (Å²) < 4.78 is 27.7. The van der Waals surface area contributed by atoms with E-state index < -0.39 is 10.0 Å². The molecular weight excluding hydrogens is 396 g/mol. The van der Waals surface area contributed by atoms with Crippen LogP contribution in [0.2, 0.25) is 5.02 Å². The van der Waals surface area contributed by atoms with Crippen LogP contribution in [-0.2, 0) is 10.0 Å². The van der Waals surface area contributed by atoms with Gasteiger partial charge in [-0.05, 0) is 46.3 Å². The Kier molecular flexibility index (Phi) is 4.88. The van der Waals surface area contributed by atoms with Crippen molar-refractivity contribution in [3.63, 3.8) is 0 Å². The van der Waals surface area contributed by atoms with Gasteiger partial charge in [-0.25, -0.2) is 8.42 Å². The van der Waals surface area contributed by atoms with Gasteiger partial charge in [0.05, 0.1) is 15.6 Å². The highest BCUT2D eigenvalue weighted by atomic mass is 79.9. The van der Waals surface area contributed by atoms with E-state index in [-0.39, 0.29) is 9.88 Å². The largest absolute Gasteiger partial charge is 0.389 e. The molecule has 0 bridgehead atoms. The van der Waals surface area contributed by atoms with Crippen LogP contribution in [0.5, 0.6) is 0 Å². The van der Waals surface area contributed by atoms with Crippen molar-refractivity contribution in [1.29, 1.82) is 0 Å². The van der Waals surface area contributed by atoms with Gasteiger partial charge in [-0.15, -0.1) is 0 Å². The Morgan fingerprint density at radius 2 is 1.95 bits per heavy atom. The number of nitrogens with one attached hydrogen (secondary N) is 1. The number of hydrogen-bond acceptors (Lipinski definition) is 3. The lowest BCUT2D eigenvalue weighted by molar-refractivity contribution is 0.601. The molecule has 0 aromatic heterocycles. The van der Waals surface area contributed by atoms with E-state index >= 15 is 0 Å². The minimum Gasteiger partial charge on any atom is -0.389 e. The van der Waals surface area contributed by atoms with E-state index in [1.807, 2.05) is 0 Å². The first-order valence-corrected chi connectivity index (χ1v) is 8.73. The van der Waals surface area contributed by atoms with Crippen LogP contribution in [0.3, 0.4) is 0 Å². The summed E-state index contributed by atoms with van der Waals surface area (Å²) in [6.45, 7) is 0. The van der Waals surface area contributed by atoms with Crippen LogP contribution in [0.25, 0.3) is 0 Å². The van der Waals surface area contributed by atoms with Crippen LogP contribution in [0.15, 0.2) is 51.8 Å². The Balaban J connectivity index is 2.36. The molecule has 8 heteroatoms. The lowest BCUT2D eigenvalue weighted by Gasteiger charge is -2.10. The lowest BCUT2D eigenvalue weighted by atomic mass is 10.2. The Labute approximate surface area is 141 Å². The van der Waals surface area contributed by atoms with E-state index in [1.54, 1.807) is 30.3 Å². The highest BCUT2D eigenvalue weighted by Crippen LogP contribution is 2.27. The molecule has 4 nitrogen and oxygen atoms in total. The zero-order valence-corrected chi connectivity index (χ0v) is 14.5. The number of benzene rings is 2. The number of rotatable bonds is 4. The molecule has 0 saturated heterocycles. The summed E-state index contributed by atoms with van der Waals surface area (Å²) in [7, 11) is -3.73. The second-order valence-electron chi connectivity index (χ2n) is 4.13. The van der Waals surface area contributed by atoms with Crippen LogP contribution in [0.4, 0.5) is 5.69 Å². The molecule has 0 aliphatic heterocycles. The molecule has 0 aliphatic rings. The second kappa shape index (κ2) is 6.31. The molecule has 0 amide bonds. The van der Waals surface area contributed by atoms with Gasteiger partial charge in [-0.2, -0.15) is 0 Å². The lowest BCUT2D eigenvalue weighted by Crippen LogP contribution is -2.15. The fourth-order valence-electron chi connectivity index (χ4n) is 1.59. The van der Waals surface area contributed by atoms with Crippen LogP contribution in [-0.4, -0.2) is 13.4 Å². The van der Waals surface area contributed by atoms with Crippen molar-refractivity contribution in [2.24, 2.45) is 5.73 Å². The van der Waals surface area contributed by atoms with Crippen molar-refractivity contribution < 1.29 is 8.42 Å². The van der Waals surface area contributed by atoms with Gasteiger partial charge in [0.15, 0.2) is 0 Å². The number of sulfonamides is 1. The third kappa shape index (κ3) is 3.94. The zero-order chi connectivity index (χ0) is 15.6. The Morgan fingerprint density at radius 3 is 2.57 bits per heavy atom. The van der Waals surface area contributed by atoms with Gasteiger partial charge >= 0.3 is 0 Å². The van der Waals surface area contributed by atoms with E-state index in [1.165, 1.54) is 12.1 Å². The van der Waals surface area contributed by atoms with Gasteiger partial charge in [-0.3, -0.25) is 4.72 Å². The fraction of sp³-hybridized carbons (Fsp3) is 0. The van der Waals surface area contributed by atoms with E-state index in [0.29, 0.717) is 20.7 Å². The minimum atomic E-state index is -3.73. The first-order valence-electron chi connectivity index (χ1n) is 5.67. The van der Waals surface area contributed by atoms with Crippen LogP contribution < -0.4 is 10.5 Å². The van der Waals surface area contributed by atoms with Crippen LogP contribution >= 0.6 is 39.7 Å². The predicted octanol–water partition coefficient (Wildman–Crippen LogP) is 3.54. The summed E-state index contributed by atoms with van der Waals surface area (Å²) >= 11 is 14.0. The molecule has 2 aromatic carbocycles. The topological polar surface area (TPSA) is 72.2 Å². The number of halogens is 2. The van der Waals surface area contributed by atoms with E-state index in [2.05, 4.69) is 20.7 Å². The number of anilines is 1. The summed E-state index contributed by atoms with van der Waals surface area (Å²) in [5.41, 5.74) is 6.40. The van der Waals surface area contributed by atoms with Gasteiger partial charge in [0.25, 0.3) is 10.0 Å². The van der Waals surface area contributed by atoms with E-state index in [0.717, 1.165) is 0 Å². The molecule has 2 aromatic rings. The van der Waals surface area contributed by atoms with E-state index in [9.17, 15) is 8.42 Å². The SMILES string of the molecule is NC(=S)c1cccc(S(=O)(=O)Nc2ccc(Cl)c(Br)c2)c1. The maximum Gasteiger partial charge on any atom is 0.261 e. The maximum atomic E-state index is 12.3. The monoisotopic (exact) mass is 404 g/mol. The Bertz CT molecular complexity index is 810. The van der Waals surface area contributed by atoms with Crippen molar-refractivity contribution in [3.05, 3.63) is 57.5 Å². The minimum absolute atomic E-state index is 0.0823. The Morgan fingerprint density at radius 1 is 1.24 bits per heavy atom. The standard InChI is InChI=1S/C13H10BrClN2O2S2/c14-11-7-9(4-5-12(11)15)17-21(18,19)10-3-1-2-8(6-10)13(16)20/h1-7,17H,(H2,16,20). The molecule has 0 saturated carbocycles. The molecule has 0 heterocycles. The van der Waals surface area contributed by atoms with Gasteiger partial charge in [0.2, 0.25) is 0 Å². The summed E-state index contributed by atoms with van der Waals surface area (Å²) in [6.07, 6.45) is 0. The third-order valence-electron chi connectivity index (χ3n) is 2.60. The molecule has 2 rings (SSSR count). The van der Waals surface area contributed by atoms with Crippen molar-refractivity contribution >= 4 is 60.4 Å². The molecule has 0 atom stereocenters. The summed E-state index contributed by atoms with van der Waals surface area (Å²) in [6, 6.07) is 10.9.